The van der Waals surface area contributed by atoms with Crippen LogP contribution in [0.1, 0.15) is 19.4 Å². The summed E-state index contributed by atoms with van der Waals surface area (Å²) in [5.41, 5.74) is 0.956. The highest BCUT2D eigenvalue weighted by Gasteiger charge is 2.16. The fourth-order valence-corrected chi connectivity index (χ4v) is 1.18. The molecule has 0 spiro atoms. The summed E-state index contributed by atoms with van der Waals surface area (Å²) in [6, 6.07) is 4.71. The monoisotopic (exact) mass is 222 g/mol. The summed E-state index contributed by atoms with van der Waals surface area (Å²) in [5.74, 6) is -0.437. The van der Waals surface area contributed by atoms with Gasteiger partial charge in [-0.1, -0.05) is 19.9 Å². The Hall–Kier alpha value is -1.91. The van der Waals surface area contributed by atoms with Gasteiger partial charge in [0.1, 0.15) is 5.69 Å². The number of hydrogen-bond acceptors (Lipinski definition) is 3. The fraction of sp³-hybridized carbons (Fsp3) is 0.364. The third-order valence-electron chi connectivity index (χ3n) is 2.13. The average molecular weight is 222 g/mol. The Labute approximate surface area is 93.6 Å². The van der Waals surface area contributed by atoms with Crippen LogP contribution in [0.5, 0.6) is 0 Å². The van der Waals surface area contributed by atoms with Gasteiger partial charge in [-0.15, -0.1) is 0 Å². The van der Waals surface area contributed by atoms with Gasteiger partial charge in [0.15, 0.2) is 0 Å². The molecular weight excluding hydrogens is 208 g/mol. The van der Waals surface area contributed by atoms with E-state index in [0.717, 1.165) is 5.56 Å². The van der Waals surface area contributed by atoms with Crippen molar-refractivity contribution in [1.29, 1.82) is 0 Å². The maximum atomic E-state index is 11.4. The van der Waals surface area contributed by atoms with E-state index in [2.05, 4.69) is 5.32 Å². The molecule has 86 valence electrons. The smallest absolute Gasteiger partial charge is 0.293 e. The molecule has 0 aliphatic rings. The predicted molar refractivity (Wildman–Crippen MR) is 61.3 cm³/mol. The van der Waals surface area contributed by atoms with E-state index in [4.69, 9.17) is 0 Å². The lowest BCUT2D eigenvalue weighted by atomic mass is 10.1. The highest BCUT2D eigenvalue weighted by Crippen LogP contribution is 2.25. The number of benzene rings is 1. The molecule has 0 heterocycles. The molecule has 0 unspecified atom stereocenters. The van der Waals surface area contributed by atoms with Crippen molar-refractivity contribution in [1.82, 2.24) is 0 Å². The van der Waals surface area contributed by atoms with E-state index in [1.807, 2.05) is 0 Å². The molecule has 0 fully saturated rings. The number of carbonyl (C=O) groups is 1. The summed E-state index contributed by atoms with van der Waals surface area (Å²) in [6.07, 6.45) is 0. The molecule has 5 heteroatoms. The second-order valence-corrected chi connectivity index (χ2v) is 3.92. The number of nitrogens with zero attached hydrogens (tertiary/aromatic N) is 1. The Morgan fingerprint density at radius 1 is 1.44 bits per heavy atom. The van der Waals surface area contributed by atoms with Crippen molar-refractivity contribution in [3.05, 3.63) is 33.9 Å². The van der Waals surface area contributed by atoms with Gasteiger partial charge in [-0.2, -0.15) is 0 Å². The Kier molecular flexibility index (Phi) is 3.60. The van der Waals surface area contributed by atoms with Gasteiger partial charge >= 0.3 is 0 Å². The minimum absolute atomic E-state index is 0.0750. The summed E-state index contributed by atoms with van der Waals surface area (Å²) in [5, 5.41) is 13.3. The Morgan fingerprint density at radius 3 is 2.56 bits per heavy atom. The molecule has 1 aromatic rings. The van der Waals surface area contributed by atoms with Crippen LogP contribution < -0.4 is 5.32 Å². The molecular formula is C11H14N2O3. The number of carbonyl (C=O) groups excluding carboxylic acids is 1. The fourth-order valence-electron chi connectivity index (χ4n) is 1.18. The minimum Gasteiger partial charge on any atom is -0.320 e. The third-order valence-corrected chi connectivity index (χ3v) is 2.13. The van der Waals surface area contributed by atoms with E-state index >= 15 is 0 Å². The molecule has 5 nitrogen and oxygen atoms in total. The Bertz CT molecular complexity index is 427. The van der Waals surface area contributed by atoms with Gasteiger partial charge in [-0.3, -0.25) is 14.9 Å². The van der Waals surface area contributed by atoms with Crippen LogP contribution in [0.4, 0.5) is 11.4 Å². The molecule has 0 bridgehead atoms. The zero-order chi connectivity index (χ0) is 12.3. The van der Waals surface area contributed by atoms with Crippen molar-refractivity contribution >= 4 is 17.3 Å². The molecule has 0 atom stereocenters. The third kappa shape index (κ3) is 2.79. The highest BCUT2D eigenvalue weighted by atomic mass is 16.6. The molecule has 0 radical (unpaired) electrons. The molecule has 1 aromatic carbocycles. The summed E-state index contributed by atoms with van der Waals surface area (Å²) < 4.78 is 0. The molecule has 0 aliphatic carbocycles. The van der Waals surface area contributed by atoms with Gasteiger partial charge in [-0.25, -0.2) is 0 Å². The van der Waals surface area contributed by atoms with Crippen LogP contribution in [0.2, 0.25) is 0 Å². The van der Waals surface area contributed by atoms with Crippen molar-refractivity contribution in [2.24, 2.45) is 5.92 Å². The van der Waals surface area contributed by atoms with Crippen LogP contribution in [0.25, 0.3) is 0 Å². The topological polar surface area (TPSA) is 72.2 Å². The SMILES string of the molecule is Cc1ccc(NC(=O)C(C)C)c([N+](=O)[O-])c1. The van der Waals surface area contributed by atoms with Gasteiger partial charge in [0, 0.05) is 12.0 Å². The largest absolute Gasteiger partial charge is 0.320 e. The molecule has 1 amide bonds. The van der Waals surface area contributed by atoms with E-state index < -0.39 is 4.92 Å². The Morgan fingerprint density at radius 2 is 2.06 bits per heavy atom. The quantitative estimate of drug-likeness (QED) is 0.630. The summed E-state index contributed by atoms with van der Waals surface area (Å²) in [4.78, 5) is 21.7. The van der Waals surface area contributed by atoms with Crippen LogP contribution in [0.3, 0.4) is 0 Å². The van der Waals surface area contributed by atoms with Gasteiger partial charge in [-0.05, 0) is 18.6 Å². The lowest BCUT2D eigenvalue weighted by Crippen LogP contribution is -2.18. The van der Waals surface area contributed by atoms with Crippen molar-refractivity contribution in [2.75, 3.05) is 5.32 Å². The second-order valence-electron chi connectivity index (χ2n) is 3.92. The van der Waals surface area contributed by atoms with Crippen molar-refractivity contribution in [2.45, 2.75) is 20.8 Å². The molecule has 16 heavy (non-hydrogen) atoms. The van der Waals surface area contributed by atoms with Crippen LogP contribution in [0.15, 0.2) is 18.2 Å². The lowest BCUT2D eigenvalue weighted by Gasteiger charge is -2.08. The van der Waals surface area contributed by atoms with E-state index in [0.29, 0.717) is 0 Å². The van der Waals surface area contributed by atoms with E-state index in [1.54, 1.807) is 32.9 Å². The number of hydrogen-bond donors (Lipinski definition) is 1. The first-order chi connectivity index (χ1) is 7.41. The number of nitrogens with one attached hydrogen (secondary N) is 1. The predicted octanol–water partition coefficient (Wildman–Crippen LogP) is 2.50. The van der Waals surface area contributed by atoms with Crippen molar-refractivity contribution in [3.8, 4) is 0 Å². The van der Waals surface area contributed by atoms with E-state index in [1.165, 1.54) is 6.07 Å². The molecule has 0 aromatic heterocycles. The van der Waals surface area contributed by atoms with Crippen molar-refractivity contribution < 1.29 is 9.72 Å². The summed E-state index contributed by atoms with van der Waals surface area (Å²) in [7, 11) is 0. The number of nitro groups is 1. The number of rotatable bonds is 3. The number of nitro benzene ring substituents is 1. The van der Waals surface area contributed by atoms with Gasteiger partial charge in [0.05, 0.1) is 4.92 Å². The normalized spacial score (nSPS) is 10.2. The molecule has 0 saturated heterocycles. The first-order valence-corrected chi connectivity index (χ1v) is 4.97. The first kappa shape index (κ1) is 12.2. The van der Waals surface area contributed by atoms with Gasteiger partial charge in [0.25, 0.3) is 5.69 Å². The lowest BCUT2D eigenvalue weighted by molar-refractivity contribution is -0.384. The van der Waals surface area contributed by atoms with Gasteiger partial charge < -0.3 is 5.32 Å². The van der Waals surface area contributed by atoms with Crippen molar-refractivity contribution in [3.63, 3.8) is 0 Å². The Balaban J connectivity index is 3.04. The van der Waals surface area contributed by atoms with Gasteiger partial charge in [0.2, 0.25) is 5.91 Å². The molecule has 0 aliphatic heterocycles. The summed E-state index contributed by atoms with van der Waals surface area (Å²) in [6.45, 7) is 5.23. The van der Waals surface area contributed by atoms with Crippen LogP contribution in [-0.4, -0.2) is 10.8 Å². The molecule has 1 N–H and O–H groups in total. The number of aryl methyl sites for hydroxylation is 1. The van der Waals surface area contributed by atoms with Crippen LogP contribution in [0, 0.1) is 23.0 Å². The second kappa shape index (κ2) is 4.74. The average Bonchev–Trinajstić information content (AvgIpc) is 2.20. The zero-order valence-electron chi connectivity index (χ0n) is 9.48. The number of amides is 1. The molecule has 0 saturated carbocycles. The molecule has 1 rings (SSSR count). The maximum Gasteiger partial charge on any atom is 0.293 e. The maximum absolute atomic E-state index is 11.4. The summed E-state index contributed by atoms with van der Waals surface area (Å²) >= 11 is 0. The number of anilines is 1. The zero-order valence-corrected chi connectivity index (χ0v) is 9.48. The van der Waals surface area contributed by atoms with Crippen LogP contribution >= 0.6 is 0 Å². The minimum atomic E-state index is -0.497. The highest BCUT2D eigenvalue weighted by molar-refractivity contribution is 5.94. The standard InChI is InChI=1S/C11H14N2O3/c1-7(2)11(14)12-9-5-4-8(3)6-10(9)13(15)16/h4-7H,1-3H3,(H,12,14). The first-order valence-electron chi connectivity index (χ1n) is 4.97. The van der Waals surface area contributed by atoms with Crippen LogP contribution in [-0.2, 0) is 4.79 Å². The van der Waals surface area contributed by atoms with E-state index in [-0.39, 0.29) is 23.2 Å². The van der Waals surface area contributed by atoms with E-state index in [9.17, 15) is 14.9 Å².